The summed E-state index contributed by atoms with van der Waals surface area (Å²) in [4.78, 5) is 10.8. The number of hydrogen-bond acceptors (Lipinski definition) is 3. The van der Waals surface area contributed by atoms with E-state index in [9.17, 15) is 9.90 Å². The number of aliphatic hydroxyl groups is 1. The highest BCUT2D eigenvalue weighted by Gasteiger charge is 2.23. The number of ether oxygens (including phenoxy) is 1. The van der Waals surface area contributed by atoms with Gasteiger partial charge in [0.25, 0.3) is 0 Å². The molecule has 0 spiro atoms. The fraction of sp³-hybridized carbons (Fsp3) is 0.267. The smallest absolute Gasteiger partial charge is 0.333 e. The van der Waals surface area contributed by atoms with E-state index in [2.05, 4.69) is 0 Å². The molecular formula is C15H16O4. The largest absolute Gasteiger partial charge is 0.497 e. The Morgan fingerprint density at radius 2 is 1.79 bits per heavy atom. The van der Waals surface area contributed by atoms with Crippen LogP contribution in [0, 0.1) is 0 Å². The zero-order valence-corrected chi connectivity index (χ0v) is 10.8. The average molecular weight is 260 g/mol. The van der Waals surface area contributed by atoms with Crippen LogP contribution in [0.3, 0.4) is 0 Å². The van der Waals surface area contributed by atoms with Gasteiger partial charge in [-0.05, 0) is 28.5 Å². The lowest BCUT2D eigenvalue weighted by atomic mass is 9.93. The number of hydrogen-bond donors (Lipinski definition) is 2. The monoisotopic (exact) mass is 260 g/mol. The Bertz CT molecular complexity index is 606. The topological polar surface area (TPSA) is 66.8 Å². The van der Waals surface area contributed by atoms with Crippen molar-refractivity contribution in [3.05, 3.63) is 42.0 Å². The summed E-state index contributed by atoms with van der Waals surface area (Å²) in [7, 11) is 1.61. The van der Waals surface area contributed by atoms with Crippen molar-refractivity contribution in [1.29, 1.82) is 0 Å². The third kappa shape index (κ3) is 2.69. The SMILES string of the molecule is COc1ccc2cc(C(C)C(O)C(=O)O)ccc2c1. The summed E-state index contributed by atoms with van der Waals surface area (Å²) < 4.78 is 5.15. The molecule has 0 aliphatic carbocycles. The molecule has 0 aliphatic rings. The average Bonchev–Trinajstić information content (AvgIpc) is 2.44. The molecular weight excluding hydrogens is 244 g/mol. The number of carboxylic acid groups (broad SMARTS) is 1. The molecule has 0 saturated carbocycles. The molecule has 0 amide bonds. The van der Waals surface area contributed by atoms with Crippen LogP contribution in [0.2, 0.25) is 0 Å². The van der Waals surface area contributed by atoms with Crippen LogP contribution in [0.1, 0.15) is 18.4 Å². The standard InChI is InChI=1S/C15H16O4/c1-9(14(16)15(17)18)10-3-4-12-8-13(19-2)6-5-11(12)7-10/h3-9,14,16H,1-2H3,(H,17,18). The molecule has 2 aromatic rings. The summed E-state index contributed by atoms with van der Waals surface area (Å²) >= 11 is 0. The molecule has 2 N–H and O–H groups in total. The zero-order chi connectivity index (χ0) is 14.0. The highest BCUT2D eigenvalue weighted by molar-refractivity contribution is 5.85. The maximum atomic E-state index is 10.8. The Labute approximate surface area is 111 Å². The number of aliphatic hydroxyl groups excluding tert-OH is 1. The van der Waals surface area contributed by atoms with E-state index >= 15 is 0 Å². The van der Waals surface area contributed by atoms with Crippen molar-refractivity contribution in [3.63, 3.8) is 0 Å². The number of rotatable bonds is 4. The van der Waals surface area contributed by atoms with Crippen LogP contribution in [0.4, 0.5) is 0 Å². The molecule has 0 aliphatic heterocycles. The summed E-state index contributed by atoms with van der Waals surface area (Å²) in [6.07, 6.45) is -1.39. The van der Waals surface area contributed by atoms with Crippen LogP contribution < -0.4 is 4.74 Å². The van der Waals surface area contributed by atoms with E-state index in [1.54, 1.807) is 14.0 Å². The van der Waals surface area contributed by atoms with Gasteiger partial charge in [0.15, 0.2) is 6.10 Å². The van der Waals surface area contributed by atoms with Crippen LogP contribution >= 0.6 is 0 Å². The van der Waals surface area contributed by atoms with E-state index in [0.717, 1.165) is 22.1 Å². The van der Waals surface area contributed by atoms with Gasteiger partial charge < -0.3 is 14.9 Å². The van der Waals surface area contributed by atoms with Crippen molar-refractivity contribution in [2.24, 2.45) is 0 Å². The Balaban J connectivity index is 2.39. The van der Waals surface area contributed by atoms with E-state index < -0.39 is 18.0 Å². The molecule has 19 heavy (non-hydrogen) atoms. The number of fused-ring (bicyclic) bond motifs is 1. The number of methoxy groups -OCH3 is 1. The molecule has 0 fully saturated rings. The second-order valence-corrected chi connectivity index (χ2v) is 4.54. The minimum absolute atomic E-state index is 0.455. The van der Waals surface area contributed by atoms with Crippen molar-refractivity contribution < 1.29 is 19.7 Å². The highest BCUT2D eigenvalue weighted by atomic mass is 16.5. The fourth-order valence-electron chi connectivity index (χ4n) is 2.05. The summed E-state index contributed by atoms with van der Waals surface area (Å²) in [6.45, 7) is 1.70. The molecule has 2 atom stereocenters. The van der Waals surface area contributed by atoms with E-state index in [4.69, 9.17) is 9.84 Å². The van der Waals surface area contributed by atoms with E-state index in [-0.39, 0.29) is 0 Å². The van der Waals surface area contributed by atoms with Gasteiger partial charge in [-0.25, -0.2) is 4.79 Å². The fourth-order valence-corrected chi connectivity index (χ4v) is 2.05. The first-order valence-electron chi connectivity index (χ1n) is 6.01. The third-order valence-corrected chi connectivity index (χ3v) is 3.32. The number of carboxylic acids is 1. The van der Waals surface area contributed by atoms with Gasteiger partial charge in [-0.1, -0.05) is 31.2 Å². The third-order valence-electron chi connectivity index (χ3n) is 3.32. The number of benzene rings is 2. The Morgan fingerprint density at radius 3 is 2.42 bits per heavy atom. The minimum atomic E-state index is -1.39. The Kier molecular flexibility index (Phi) is 3.71. The molecule has 0 aromatic heterocycles. The molecule has 4 heteroatoms. The Hall–Kier alpha value is -2.07. The van der Waals surface area contributed by atoms with Gasteiger partial charge in [0.2, 0.25) is 0 Å². The van der Waals surface area contributed by atoms with Gasteiger partial charge in [0.1, 0.15) is 5.75 Å². The molecule has 2 unspecified atom stereocenters. The number of carbonyl (C=O) groups is 1. The van der Waals surface area contributed by atoms with Crippen molar-refractivity contribution in [3.8, 4) is 5.75 Å². The van der Waals surface area contributed by atoms with Gasteiger partial charge in [0.05, 0.1) is 7.11 Å². The summed E-state index contributed by atoms with van der Waals surface area (Å²) in [6, 6.07) is 11.3. The summed E-state index contributed by atoms with van der Waals surface area (Å²) in [5.74, 6) is -0.884. The van der Waals surface area contributed by atoms with Crippen LogP contribution in [0.25, 0.3) is 10.8 Å². The zero-order valence-electron chi connectivity index (χ0n) is 10.8. The minimum Gasteiger partial charge on any atom is -0.497 e. The lowest BCUT2D eigenvalue weighted by molar-refractivity contribution is -0.147. The first-order chi connectivity index (χ1) is 9.02. The molecule has 0 heterocycles. The predicted octanol–water partition coefficient (Wildman–Crippen LogP) is 2.40. The second-order valence-electron chi connectivity index (χ2n) is 4.54. The normalized spacial score (nSPS) is 14.1. The summed E-state index contributed by atoms with van der Waals surface area (Å²) in [5, 5.41) is 20.4. The highest BCUT2D eigenvalue weighted by Crippen LogP contribution is 2.26. The molecule has 0 radical (unpaired) electrons. The first kappa shape index (κ1) is 13.4. The summed E-state index contributed by atoms with van der Waals surface area (Å²) in [5.41, 5.74) is 0.799. The van der Waals surface area contributed by atoms with Crippen molar-refractivity contribution >= 4 is 16.7 Å². The van der Waals surface area contributed by atoms with Crippen molar-refractivity contribution in [2.45, 2.75) is 18.9 Å². The molecule has 2 rings (SSSR count). The van der Waals surface area contributed by atoms with Crippen LogP contribution in [0.15, 0.2) is 36.4 Å². The van der Waals surface area contributed by atoms with Gasteiger partial charge in [-0.15, -0.1) is 0 Å². The van der Waals surface area contributed by atoms with E-state index in [1.807, 2.05) is 36.4 Å². The maximum Gasteiger partial charge on any atom is 0.333 e. The van der Waals surface area contributed by atoms with Gasteiger partial charge in [-0.3, -0.25) is 0 Å². The van der Waals surface area contributed by atoms with E-state index in [1.165, 1.54) is 0 Å². The van der Waals surface area contributed by atoms with E-state index in [0.29, 0.717) is 0 Å². The second kappa shape index (κ2) is 5.28. The van der Waals surface area contributed by atoms with Crippen molar-refractivity contribution in [2.75, 3.05) is 7.11 Å². The van der Waals surface area contributed by atoms with Crippen LogP contribution in [-0.4, -0.2) is 29.4 Å². The molecule has 4 nitrogen and oxygen atoms in total. The molecule has 0 saturated heterocycles. The molecule has 2 aromatic carbocycles. The quantitative estimate of drug-likeness (QED) is 0.885. The first-order valence-corrected chi connectivity index (χ1v) is 6.01. The van der Waals surface area contributed by atoms with Gasteiger partial charge in [0, 0.05) is 5.92 Å². The Morgan fingerprint density at radius 1 is 1.16 bits per heavy atom. The predicted molar refractivity (Wildman–Crippen MR) is 72.6 cm³/mol. The lowest BCUT2D eigenvalue weighted by Gasteiger charge is -2.16. The van der Waals surface area contributed by atoms with Crippen LogP contribution in [-0.2, 0) is 4.79 Å². The van der Waals surface area contributed by atoms with Gasteiger partial charge in [-0.2, -0.15) is 0 Å². The molecule has 0 bridgehead atoms. The number of aliphatic carboxylic acids is 1. The lowest BCUT2D eigenvalue weighted by Crippen LogP contribution is -2.25. The van der Waals surface area contributed by atoms with Gasteiger partial charge >= 0.3 is 5.97 Å². The maximum absolute atomic E-state index is 10.8. The van der Waals surface area contributed by atoms with Crippen LogP contribution in [0.5, 0.6) is 5.75 Å². The molecule has 100 valence electrons. The van der Waals surface area contributed by atoms with Crippen molar-refractivity contribution in [1.82, 2.24) is 0 Å².